The smallest absolute Gasteiger partial charge is 0.411 e. The molecule has 0 bridgehead atoms. The number of benzene rings is 1. The third-order valence-corrected chi connectivity index (χ3v) is 2.70. The van der Waals surface area contributed by atoms with Crippen molar-refractivity contribution in [3.8, 4) is 0 Å². The zero-order valence-electron chi connectivity index (χ0n) is 11.4. The molecule has 7 heteroatoms. The minimum Gasteiger partial charge on any atom is -0.446 e. The average Bonchev–Trinajstić information content (AvgIpc) is 2.39. The van der Waals surface area contributed by atoms with Gasteiger partial charge in [-0.15, -0.1) is 0 Å². The summed E-state index contributed by atoms with van der Waals surface area (Å²) in [5.41, 5.74) is 1.45. The lowest BCUT2D eigenvalue weighted by molar-refractivity contribution is 0.102. The molecular formula is C13H17ClN2O4. The first kappa shape index (κ1) is 16.1. The molecule has 0 aliphatic heterocycles. The van der Waals surface area contributed by atoms with Gasteiger partial charge in [-0.25, -0.2) is 9.59 Å². The molecule has 0 fully saturated rings. The van der Waals surface area contributed by atoms with Gasteiger partial charge in [-0.2, -0.15) is 0 Å². The van der Waals surface area contributed by atoms with Crippen molar-refractivity contribution in [1.82, 2.24) is 5.32 Å². The number of amides is 2. The lowest BCUT2D eigenvalue weighted by atomic mass is 10.2. The average molecular weight is 301 g/mol. The number of carbonyl (C=O) groups excluding carboxylic acids is 2. The van der Waals surface area contributed by atoms with E-state index in [4.69, 9.17) is 21.1 Å². The molecule has 2 N–H and O–H groups in total. The van der Waals surface area contributed by atoms with Gasteiger partial charge in [0, 0.05) is 17.3 Å². The normalized spacial score (nSPS) is 9.75. The quantitative estimate of drug-likeness (QED) is 0.820. The molecular weight excluding hydrogens is 284 g/mol. The molecule has 0 saturated heterocycles. The minimum atomic E-state index is -0.635. The molecule has 0 aromatic heterocycles. The summed E-state index contributed by atoms with van der Waals surface area (Å²) >= 11 is 5.93. The number of hydrogen-bond donors (Lipinski definition) is 2. The maximum absolute atomic E-state index is 11.4. The van der Waals surface area contributed by atoms with Crippen molar-refractivity contribution in [2.45, 2.75) is 13.8 Å². The van der Waals surface area contributed by atoms with Crippen LogP contribution in [0.25, 0.3) is 0 Å². The van der Waals surface area contributed by atoms with Crippen molar-refractivity contribution in [1.29, 1.82) is 0 Å². The van der Waals surface area contributed by atoms with Crippen LogP contribution in [0, 0.1) is 6.92 Å². The standard InChI is InChI=1S/C13H17ClN2O4/c1-3-15-12(17)19-6-7-20-13(18)16-10-5-4-9(2)11(14)8-10/h4-5,8H,3,6-7H2,1-2H3,(H,15,17)(H,16,18). The molecule has 0 saturated carbocycles. The van der Waals surface area contributed by atoms with Gasteiger partial charge >= 0.3 is 12.2 Å². The van der Waals surface area contributed by atoms with Gasteiger partial charge in [0.25, 0.3) is 0 Å². The molecule has 0 heterocycles. The molecule has 0 unspecified atom stereocenters. The maximum atomic E-state index is 11.4. The van der Waals surface area contributed by atoms with E-state index in [0.717, 1.165) is 5.56 Å². The molecule has 6 nitrogen and oxygen atoms in total. The summed E-state index contributed by atoms with van der Waals surface area (Å²) in [4.78, 5) is 22.4. The van der Waals surface area contributed by atoms with Crippen LogP contribution in [0.3, 0.4) is 0 Å². The highest BCUT2D eigenvalue weighted by Crippen LogP contribution is 2.19. The van der Waals surface area contributed by atoms with Crippen LogP contribution in [-0.2, 0) is 9.47 Å². The van der Waals surface area contributed by atoms with Crippen molar-refractivity contribution in [2.24, 2.45) is 0 Å². The Kier molecular flexibility index (Phi) is 6.66. The summed E-state index contributed by atoms with van der Waals surface area (Å²) < 4.78 is 9.59. The first-order valence-electron chi connectivity index (χ1n) is 6.13. The van der Waals surface area contributed by atoms with E-state index in [9.17, 15) is 9.59 Å². The Morgan fingerprint density at radius 3 is 2.45 bits per heavy atom. The van der Waals surface area contributed by atoms with Gasteiger partial charge in [0.1, 0.15) is 13.2 Å². The summed E-state index contributed by atoms with van der Waals surface area (Å²) in [6.07, 6.45) is -1.17. The van der Waals surface area contributed by atoms with Crippen LogP contribution in [0.5, 0.6) is 0 Å². The van der Waals surface area contributed by atoms with Crippen molar-refractivity contribution in [3.63, 3.8) is 0 Å². The van der Waals surface area contributed by atoms with E-state index in [1.54, 1.807) is 25.1 Å². The van der Waals surface area contributed by atoms with E-state index in [2.05, 4.69) is 10.6 Å². The number of ether oxygens (including phenoxy) is 2. The largest absolute Gasteiger partial charge is 0.446 e. The fourth-order valence-electron chi connectivity index (χ4n) is 1.29. The van der Waals surface area contributed by atoms with Gasteiger partial charge < -0.3 is 14.8 Å². The minimum absolute atomic E-state index is 0.00604. The van der Waals surface area contributed by atoms with Crippen LogP contribution in [0.4, 0.5) is 15.3 Å². The summed E-state index contributed by atoms with van der Waals surface area (Å²) in [5.74, 6) is 0. The number of carbonyl (C=O) groups is 2. The first-order chi connectivity index (χ1) is 9.52. The molecule has 20 heavy (non-hydrogen) atoms. The van der Waals surface area contributed by atoms with Crippen LogP contribution in [0.1, 0.15) is 12.5 Å². The van der Waals surface area contributed by atoms with Gasteiger partial charge in [-0.1, -0.05) is 17.7 Å². The van der Waals surface area contributed by atoms with E-state index in [0.29, 0.717) is 17.3 Å². The highest BCUT2D eigenvalue weighted by Gasteiger charge is 2.05. The van der Waals surface area contributed by atoms with Crippen LogP contribution in [0.15, 0.2) is 18.2 Å². The number of nitrogens with one attached hydrogen (secondary N) is 2. The second kappa shape index (κ2) is 8.27. The fraction of sp³-hybridized carbons (Fsp3) is 0.385. The van der Waals surface area contributed by atoms with Gasteiger partial charge in [-0.05, 0) is 31.5 Å². The Balaban J connectivity index is 2.26. The van der Waals surface area contributed by atoms with Gasteiger partial charge in [0.05, 0.1) is 0 Å². The summed E-state index contributed by atoms with van der Waals surface area (Å²) in [6, 6.07) is 5.13. The lowest BCUT2D eigenvalue weighted by Gasteiger charge is -2.08. The SMILES string of the molecule is CCNC(=O)OCCOC(=O)Nc1ccc(C)c(Cl)c1. The van der Waals surface area contributed by atoms with Crippen LogP contribution >= 0.6 is 11.6 Å². The monoisotopic (exact) mass is 300 g/mol. The third kappa shape index (κ3) is 5.79. The topological polar surface area (TPSA) is 76.7 Å². The van der Waals surface area contributed by atoms with E-state index >= 15 is 0 Å². The zero-order chi connectivity index (χ0) is 15.0. The van der Waals surface area contributed by atoms with Crippen molar-refractivity contribution in [3.05, 3.63) is 28.8 Å². The van der Waals surface area contributed by atoms with E-state index in [1.807, 2.05) is 6.92 Å². The Morgan fingerprint density at radius 1 is 1.20 bits per heavy atom. The molecule has 0 atom stereocenters. The molecule has 0 aliphatic rings. The highest BCUT2D eigenvalue weighted by molar-refractivity contribution is 6.31. The number of hydrogen-bond acceptors (Lipinski definition) is 4. The predicted molar refractivity (Wildman–Crippen MR) is 76.2 cm³/mol. The van der Waals surface area contributed by atoms with Gasteiger partial charge in [0.2, 0.25) is 0 Å². The van der Waals surface area contributed by atoms with Crippen LogP contribution in [-0.4, -0.2) is 31.9 Å². The Hall–Kier alpha value is -1.95. The highest BCUT2D eigenvalue weighted by atomic mass is 35.5. The number of rotatable bonds is 5. The van der Waals surface area contributed by atoms with Crippen molar-refractivity contribution >= 4 is 29.5 Å². The lowest BCUT2D eigenvalue weighted by Crippen LogP contribution is -2.26. The summed E-state index contributed by atoms with van der Waals surface area (Å²) in [5, 5.41) is 5.53. The van der Waals surface area contributed by atoms with Crippen LogP contribution < -0.4 is 10.6 Å². The van der Waals surface area contributed by atoms with Gasteiger partial charge in [0.15, 0.2) is 0 Å². The van der Waals surface area contributed by atoms with Crippen molar-refractivity contribution in [2.75, 3.05) is 25.1 Å². The van der Waals surface area contributed by atoms with E-state index in [-0.39, 0.29) is 13.2 Å². The van der Waals surface area contributed by atoms with E-state index in [1.165, 1.54) is 0 Å². The third-order valence-electron chi connectivity index (χ3n) is 2.29. The van der Waals surface area contributed by atoms with Gasteiger partial charge in [-0.3, -0.25) is 5.32 Å². The molecule has 0 aliphatic carbocycles. The molecule has 2 amide bonds. The second-order valence-corrected chi connectivity index (χ2v) is 4.30. The molecule has 1 aromatic rings. The number of halogens is 1. The summed E-state index contributed by atoms with van der Waals surface area (Å²) in [7, 11) is 0. The number of anilines is 1. The van der Waals surface area contributed by atoms with Crippen molar-refractivity contribution < 1.29 is 19.1 Å². The Labute approximate surface area is 122 Å². The predicted octanol–water partition coefficient (Wildman–Crippen LogP) is 2.94. The molecule has 110 valence electrons. The zero-order valence-corrected chi connectivity index (χ0v) is 12.1. The maximum Gasteiger partial charge on any atom is 0.411 e. The Bertz CT molecular complexity index is 479. The van der Waals surface area contributed by atoms with Crippen LogP contribution in [0.2, 0.25) is 5.02 Å². The molecule has 0 radical (unpaired) electrons. The molecule has 1 aromatic carbocycles. The summed E-state index contributed by atoms with van der Waals surface area (Å²) in [6.45, 7) is 4.09. The van der Waals surface area contributed by atoms with E-state index < -0.39 is 12.2 Å². The first-order valence-corrected chi connectivity index (χ1v) is 6.51. The number of aryl methyl sites for hydroxylation is 1. The molecule has 1 rings (SSSR count). The second-order valence-electron chi connectivity index (χ2n) is 3.89. The molecule has 0 spiro atoms. The fourth-order valence-corrected chi connectivity index (χ4v) is 1.47. The number of alkyl carbamates (subject to hydrolysis) is 1. The Morgan fingerprint density at radius 2 is 1.85 bits per heavy atom.